The fraction of sp³-hybridized carbons (Fsp3) is 0.536. The van der Waals surface area contributed by atoms with Crippen molar-refractivity contribution in [2.24, 2.45) is 5.41 Å². The number of hydrogen-bond donors (Lipinski definition) is 2. The van der Waals surface area contributed by atoms with E-state index in [2.05, 4.69) is 99.8 Å². The molecule has 0 atom stereocenters. The molecule has 2 amide bonds. The predicted octanol–water partition coefficient (Wildman–Crippen LogP) is 7.35. The van der Waals surface area contributed by atoms with Gasteiger partial charge in [0, 0.05) is 32.0 Å². The number of anilines is 2. The lowest BCUT2D eigenvalue weighted by molar-refractivity contribution is 0.236. The molecule has 0 aliphatic heterocycles. The lowest BCUT2D eigenvalue weighted by atomic mass is 9.80. The van der Waals surface area contributed by atoms with Crippen LogP contribution in [0, 0.1) is 5.41 Å². The van der Waals surface area contributed by atoms with E-state index in [9.17, 15) is 4.79 Å². The quantitative estimate of drug-likeness (QED) is 0.422. The first-order valence-electron chi connectivity index (χ1n) is 12.1. The molecule has 0 heterocycles. The molecule has 0 aromatic heterocycles. The summed E-state index contributed by atoms with van der Waals surface area (Å²) >= 11 is 0. The van der Waals surface area contributed by atoms with E-state index in [1.165, 1.54) is 48.1 Å². The Morgan fingerprint density at radius 2 is 1.48 bits per heavy atom. The molecule has 2 aromatic rings. The van der Waals surface area contributed by atoms with Crippen LogP contribution in [0.2, 0.25) is 0 Å². The second kappa shape index (κ2) is 11.8. The Bertz CT molecular complexity index is 874. The van der Waals surface area contributed by atoms with Crippen molar-refractivity contribution >= 4 is 29.8 Å². The third-order valence-electron chi connectivity index (χ3n) is 6.93. The Morgan fingerprint density at radius 1 is 0.939 bits per heavy atom. The summed E-state index contributed by atoms with van der Waals surface area (Å²) in [6.07, 6.45) is 5.84. The number of para-hydroxylation sites is 1. The van der Waals surface area contributed by atoms with Gasteiger partial charge < -0.3 is 15.5 Å². The number of carbonyl (C=O) groups is 1. The molecule has 2 N–H and O–H groups in total. The van der Waals surface area contributed by atoms with Crippen LogP contribution in [0.4, 0.5) is 16.2 Å². The summed E-state index contributed by atoms with van der Waals surface area (Å²) in [5.41, 5.74) is 6.10. The highest BCUT2D eigenvalue weighted by molar-refractivity contribution is 5.91. The summed E-state index contributed by atoms with van der Waals surface area (Å²) in [7, 11) is 4.14. The van der Waals surface area contributed by atoms with Gasteiger partial charge in [0.1, 0.15) is 0 Å². The number of benzene rings is 2. The van der Waals surface area contributed by atoms with Gasteiger partial charge >= 0.3 is 6.03 Å². The second-order valence-corrected chi connectivity index (χ2v) is 10.4. The molecule has 3 rings (SSSR count). The third kappa shape index (κ3) is 6.89. The molecular weight excluding hydrogens is 430 g/mol. The van der Waals surface area contributed by atoms with Gasteiger partial charge in [-0.05, 0) is 65.3 Å². The molecule has 0 spiro atoms. The van der Waals surface area contributed by atoms with Crippen LogP contribution in [0.15, 0.2) is 42.5 Å². The van der Waals surface area contributed by atoms with Gasteiger partial charge in [-0.3, -0.25) is 0 Å². The van der Waals surface area contributed by atoms with Gasteiger partial charge in [-0.15, -0.1) is 12.4 Å². The molecule has 1 aliphatic rings. The average Bonchev–Trinajstić information content (AvgIpc) is 3.21. The summed E-state index contributed by atoms with van der Waals surface area (Å²) in [6.45, 7) is 9.43. The van der Waals surface area contributed by atoms with E-state index in [0.717, 1.165) is 18.7 Å². The number of nitrogens with zero attached hydrogens (tertiary/aromatic N) is 1. The first-order chi connectivity index (χ1) is 15.2. The lowest BCUT2D eigenvalue weighted by Gasteiger charge is -2.30. The van der Waals surface area contributed by atoms with Gasteiger partial charge in [0.05, 0.1) is 0 Å². The van der Waals surface area contributed by atoms with Crippen LogP contribution in [-0.4, -0.2) is 26.7 Å². The van der Waals surface area contributed by atoms with Crippen molar-refractivity contribution in [1.82, 2.24) is 5.32 Å². The van der Waals surface area contributed by atoms with E-state index in [1.807, 2.05) is 0 Å². The summed E-state index contributed by atoms with van der Waals surface area (Å²) in [4.78, 5) is 15.1. The highest BCUT2D eigenvalue weighted by Gasteiger charge is 2.34. The fourth-order valence-corrected chi connectivity index (χ4v) is 5.01. The summed E-state index contributed by atoms with van der Waals surface area (Å²) < 4.78 is 0. The van der Waals surface area contributed by atoms with Crippen molar-refractivity contribution in [2.75, 3.05) is 30.9 Å². The number of amides is 2. The smallest absolute Gasteiger partial charge is 0.319 e. The maximum atomic E-state index is 13.0. The monoisotopic (exact) mass is 471 g/mol. The van der Waals surface area contributed by atoms with Crippen LogP contribution >= 0.6 is 12.4 Å². The van der Waals surface area contributed by atoms with Gasteiger partial charge in [0.15, 0.2) is 0 Å². The van der Waals surface area contributed by atoms with E-state index in [4.69, 9.17) is 0 Å². The third-order valence-corrected chi connectivity index (χ3v) is 6.93. The Kier molecular flexibility index (Phi) is 9.66. The number of halogens is 1. The predicted molar refractivity (Wildman–Crippen MR) is 144 cm³/mol. The standard InChI is InChI=1S/C28H41N3O.ClH/c1-20(2)24-10-9-11-25(21(3)4)26(24)30-27(32)29-19-28(16-7-8-17-28)18-22-12-14-23(15-13-22)31(5)6;/h9-15,20-21H,7-8,16-19H2,1-6H3,(H2,29,30,32);1H. The minimum atomic E-state index is -0.0887. The molecule has 0 bridgehead atoms. The molecule has 0 radical (unpaired) electrons. The van der Waals surface area contributed by atoms with Gasteiger partial charge in [0.25, 0.3) is 0 Å². The van der Waals surface area contributed by atoms with Crippen LogP contribution in [0.1, 0.15) is 81.9 Å². The lowest BCUT2D eigenvalue weighted by Crippen LogP contribution is -2.39. The maximum absolute atomic E-state index is 13.0. The zero-order valence-corrected chi connectivity index (χ0v) is 22.0. The zero-order chi connectivity index (χ0) is 23.3. The van der Waals surface area contributed by atoms with E-state index >= 15 is 0 Å². The number of carbonyl (C=O) groups excluding carboxylic acids is 1. The Morgan fingerprint density at radius 3 is 1.97 bits per heavy atom. The Hall–Kier alpha value is -2.20. The number of urea groups is 1. The Labute approximate surface area is 206 Å². The summed E-state index contributed by atoms with van der Waals surface area (Å²) in [5, 5.41) is 6.45. The van der Waals surface area contributed by atoms with Crippen molar-refractivity contribution < 1.29 is 4.79 Å². The van der Waals surface area contributed by atoms with Crippen LogP contribution in [0.25, 0.3) is 0 Å². The molecule has 1 saturated carbocycles. The van der Waals surface area contributed by atoms with Gasteiger partial charge in [-0.1, -0.05) is 70.9 Å². The Balaban J connectivity index is 0.00000385. The molecule has 1 fully saturated rings. The van der Waals surface area contributed by atoms with Crippen molar-refractivity contribution in [3.8, 4) is 0 Å². The van der Waals surface area contributed by atoms with Gasteiger partial charge in [-0.2, -0.15) is 0 Å². The minimum Gasteiger partial charge on any atom is -0.378 e. The maximum Gasteiger partial charge on any atom is 0.319 e. The van der Waals surface area contributed by atoms with E-state index < -0.39 is 0 Å². The highest BCUT2D eigenvalue weighted by Crippen LogP contribution is 2.41. The molecule has 33 heavy (non-hydrogen) atoms. The fourth-order valence-electron chi connectivity index (χ4n) is 5.01. The average molecular weight is 472 g/mol. The molecule has 182 valence electrons. The number of hydrogen-bond acceptors (Lipinski definition) is 2. The van der Waals surface area contributed by atoms with Crippen LogP contribution in [0.3, 0.4) is 0 Å². The number of rotatable bonds is 8. The zero-order valence-electron chi connectivity index (χ0n) is 21.2. The first kappa shape index (κ1) is 27.0. The molecule has 0 unspecified atom stereocenters. The molecular formula is C28H42ClN3O. The topological polar surface area (TPSA) is 44.4 Å². The summed E-state index contributed by atoms with van der Waals surface area (Å²) in [6, 6.07) is 15.1. The van der Waals surface area contributed by atoms with Crippen molar-refractivity contribution in [3.63, 3.8) is 0 Å². The minimum absolute atomic E-state index is 0. The van der Waals surface area contributed by atoms with Crippen molar-refractivity contribution in [3.05, 3.63) is 59.2 Å². The van der Waals surface area contributed by atoms with Crippen LogP contribution in [0.5, 0.6) is 0 Å². The molecule has 5 heteroatoms. The van der Waals surface area contributed by atoms with E-state index in [0.29, 0.717) is 11.8 Å². The molecule has 1 aliphatic carbocycles. The molecule has 0 saturated heterocycles. The van der Waals surface area contributed by atoms with Crippen LogP contribution < -0.4 is 15.5 Å². The van der Waals surface area contributed by atoms with E-state index in [1.54, 1.807) is 0 Å². The molecule has 4 nitrogen and oxygen atoms in total. The normalized spacial score (nSPS) is 14.8. The second-order valence-electron chi connectivity index (χ2n) is 10.4. The highest BCUT2D eigenvalue weighted by atomic mass is 35.5. The SMILES string of the molecule is CC(C)c1cccc(C(C)C)c1NC(=O)NCC1(Cc2ccc(N(C)C)cc2)CCCC1.Cl. The van der Waals surface area contributed by atoms with Crippen LogP contribution in [-0.2, 0) is 6.42 Å². The van der Waals surface area contributed by atoms with Crippen molar-refractivity contribution in [2.45, 2.75) is 71.6 Å². The molecule has 2 aromatic carbocycles. The van der Waals surface area contributed by atoms with E-state index in [-0.39, 0.29) is 23.9 Å². The first-order valence-corrected chi connectivity index (χ1v) is 12.1. The largest absolute Gasteiger partial charge is 0.378 e. The summed E-state index contributed by atoms with van der Waals surface area (Å²) in [5.74, 6) is 0.714. The van der Waals surface area contributed by atoms with Gasteiger partial charge in [0.2, 0.25) is 0 Å². The van der Waals surface area contributed by atoms with Gasteiger partial charge in [-0.25, -0.2) is 4.79 Å². The number of nitrogens with one attached hydrogen (secondary N) is 2. The van der Waals surface area contributed by atoms with Crippen molar-refractivity contribution in [1.29, 1.82) is 0 Å².